The van der Waals surface area contributed by atoms with Crippen LogP contribution in [-0.2, 0) is 4.74 Å². The lowest BCUT2D eigenvalue weighted by Gasteiger charge is -2.24. The molecule has 0 aliphatic heterocycles. The van der Waals surface area contributed by atoms with Crippen molar-refractivity contribution in [2.75, 3.05) is 32.8 Å². The van der Waals surface area contributed by atoms with Gasteiger partial charge in [0, 0.05) is 6.54 Å². The zero-order valence-corrected chi connectivity index (χ0v) is 11.0. The summed E-state index contributed by atoms with van der Waals surface area (Å²) >= 11 is 0. The van der Waals surface area contributed by atoms with Crippen molar-refractivity contribution in [3.8, 4) is 0 Å². The number of ether oxygens (including phenoxy) is 1. The van der Waals surface area contributed by atoms with Gasteiger partial charge in [-0.2, -0.15) is 0 Å². The van der Waals surface area contributed by atoms with E-state index in [4.69, 9.17) is 4.74 Å². The summed E-state index contributed by atoms with van der Waals surface area (Å²) < 4.78 is 5.34. The minimum Gasteiger partial charge on any atom is -0.389 e. The summed E-state index contributed by atoms with van der Waals surface area (Å²) in [6.45, 7) is 13.7. The molecular formula is C13H27NO2. The maximum absolute atomic E-state index is 9.79. The monoisotopic (exact) mass is 229 g/mol. The van der Waals surface area contributed by atoms with Crippen molar-refractivity contribution in [2.24, 2.45) is 0 Å². The molecule has 96 valence electrons. The highest BCUT2D eigenvalue weighted by Gasteiger charge is 2.10. The number of hydrogen-bond acceptors (Lipinski definition) is 3. The van der Waals surface area contributed by atoms with Gasteiger partial charge in [0.15, 0.2) is 0 Å². The highest BCUT2D eigenvalue weighted by molar-refractivity contribution is 4.87. The molecule has 0 aromatic carbocycles. The zero-order valence-electron chi connectivity index (χ0n) is 11.0. The van der Waals surface area contributed by atoms with Gasteiger partial charge in [0.25, 0.3) is 0 Å². The molecule has 0 radical (unpaired) electrons. The predicted octanol–water partition coefficient (Wildman–Crippen LogP) is 2.06. The van der Waals surface area contributed by atoms with E-state index in [1.165, 1.54) is 0 Å². The Kier molecular flexibility index (Phi) is 9.59. The van der Waals surface area contributed by atoms with Crippen LogP contribution < -0.4 is 0 Å². The van der Waals surface area contributed by atoms with Crippen LogP contribution in [0.15, 0.2) is 12.2 Å². The van der Waals surface area contributed by atoms with Crippen molar-refractivity contribution in [3.05, 3.63) is 12.2 Å². The molecule has 0 spiro atoms. The van der Waals surface area contributed by atoms with E-state index >= 15 is 0 Å². The fourth-order valence-corrected chi connectivity index (χ4v) is 1.65. The summed E-state index contributed by atoms with van der Waals surface area (Å²) in [5.74, 6) is 0. The summed E-state index contributed by atoms with van der Waals surface area (Å²) in [5, 5.41) is 9.79. The summed E-state index contributed by atoms with van der Waals surface area (Å²) in [7, 11) is 0. The van der Waals surface area contributed by atoms with Crippen LogP contribution in [0.25, 0.3) is 0 Å². The van der Waals surface area contributed by atoms with E-state index in [1.807, 2.05) is 6.92 Å². The third kappa shape index (κ3) is 8.89. The molecule has 0 bridgehead atoms. The third-order valence-corrected chi connectivity index (χ3v) is 2.21. The second-order valence-electron chi connectivity index (χ2n) is 4.43. The number of nitrogens with zero attached hydrogens (tertiary/aromatic N) is 1. The van der Waals surface area contributed by atoms with Crippen LogP contribution in [0.4, 0.5) is 0 Å². The topological polar surface area (TPSA) is 32.7 Å². The molecule has 3 heteroatoms. The fourth-order valence-electron chi connectivity index (χ4n) is 1.65. The minimum absolute atomic E-state index is 0.391. The van der Waals surface area contributed by atoms with Crippen LogP contribution in [-0.4, -0.2) is 49.0 Å². The second kappa shape index (κ2) is 9.82. The number of hydrogen-bond donors (Lipinski definition) is 1. The summed E-state index contributed by atoms with van der Waals surface area (Å²) in [4.78, 5) is 2.29. The van der Waals surface area contributed by atoms with Gasteiger partial charge in [0.1, 0.15) is 0 Å². The van der Waals surface area contributed by atoms with Gasteiger partial charge in [-0.1, -0.05) is 26.0 Å². The lowest BCUT2D eigenvalue weighted by Crippen LogP contribution is -2.36. The largest absolute Gasteiger partial charge is 0.389 e. The quantitative estimate of drug-likeness (QED) is 0.582. The molecule has 0 aliphatic carbocycles. The zero-order chi connectivity index (χ0) is 12.4. The Morgan fingerprint density at radius 3 is 2.31 bits per heavy atom. The van der Waals surface area contributed by atoms with Gasteiger partial charge in [-0.25, -0.2) is 0 Å². The van der Waals surface area contributed by atoms with Gasteiger partial charge in [0.2, 0.25) is 0 Å². The van der Waals surface area contributed by atoms with Gasteiger partial charge in [-0.3, -0.25) is 0 Å². The summed E-state index contributed by atoms with van der Waals surface area (Å²) in [6.07, 6.45) is 1.86. The maximum atomic E-state index is 9.79. The Bertz CT molecular complexity index is 177. The van der Waals surface area contributed by atoms with Crippen molar-refractivity contribution in [3.63, 3.8) is 0 Å². The predicted molar refractivity (Wildman–Crippen MR) is 68.7 cm³/mol. The minimum atomic E-state index is -0.391. The van der Waals surface area contributed by atoms with Gasteiger partial charge in [-0.15, -0.1) is 0 Å². The molecular weight excluding hydrogens is 202 g/mol. The molecule has 16 heavy (non-hydrogen) atoms. The van der Waals surface area contributed by atoms with Crippen LogP contribution in [0.2, 0.25) is 0 Å². The molecule has 1 atom stereocenters. The van der Waals surface area contributed by atoms with Crippen LogP contribution in [0, 0.1) is 0 Å². The van der Waals surface area contributed by atoms with E-state index < -0.39 is 6.10 Å². The van der Waals surface area contributed by atoms with E-state index in [0.29, 0.717) is 19.8 Å². The Hall–Kier alpha value is -0.380. The van der Waals surface area contributed by atoms with E-state index in [9.17, 15) is 5.11 Å². The third-order valence-electron chi connectivity index (χ3n) is 2.21. The Balaban J connectivity index is 3.71. The van der Waals surface area contributed by atoms with Crippen LogP contribution in [0.5, 0.6) is 0 Å². The van der Waals surface area contributed by atoms with Crippen LogP contribution in [0.1, 0.15) is 33.6 Å². The van der Waals surface area contributed by atoms with Crippen molar-refractivity contribution in [2.45, 2.75) is 39.7 Å². The number of aliphatic hydroxyl groups is 1. The van der Waals surface area contributed by atoms with Crippen LogP contribution >= 0.6 is 0 Å². The van der Waals surface area contributed by atoms with Crippen molar-refractivity contribution in [1.29, 1.82) is 0 Å². The van der Waals surface area contributed by atoms with Gasteiger partial charge >= 0.3 is 0 Å². The number of aliphatic hydroxyl groups excluding tert-OH is 1. The van der Waals surface area contributed by atoms with Gasteiger partial charge in [-0.05, 0) is 32.9 Å². The molecule has 1 unspecified atom stereocenters. The Labute approximate surface area is 100 Å². The first-order valence-electron chi connectivity index (χ1n) is 6.22. The average molecular weight is 229 g/mol. The lowest BCUT2D eigenvalue weighted by atomic mass is 10.3. The molecule has 0 aliphatic rings. The molecule has 0 rings (SSSR count). The molecule has 0 amide bonds. The van der Waals surface area contributed by atoms with E-state index in [0.717, 1.165) is 31.5 Å². The Morgan fingerprint density at radius 2 is 1.88 bits per heavy atom. The highest BCUT2D eigenvalue weighted by Crippen LogP contribution is 1.98. The second-order valence-corrected chi connectivity index (χ2v) is 4.43. The lowest BCUT2D eigenvalue weighted by molar-refractivity contribution is 0.0243. The molecule has 0 aromatic rings. The normalized spacial score (nSPS) is 13.1. The van der Waals surface area contributed by atoms with Gasteiger partial charge in [0.05, 0.1) is 19.3 Å². The SMILES string of the molecule is C=C(C)COCC(O)CN(CCC)CCC. The van der Waals surface area contributed by atoms with Gasteiger partial charge < -0.3 is 14.7 Å². The smallest absolute Gasteiger partial charge is 0.0900 e. The summed E-state index contributed by atoms with van der Waals surface area (Å²) in [6, 6.07) is 0. The van der Waals surface area contributed by atoms with E-state index in [2.05, 4.69) is 25.3 Å². The molecule has 3 nitrogen and oxygen atoms in total. The molecule has 0 heterocycles. The van der Waals surface area contributed by atoms with E-state index in [-0.39, 0.29) is 0 Å². The van der Waals surface area contributed by atoms with Crippen LogP contribution in [0.3, 0.4) is 0 Å². The molecule has 0 saturated heterocycles. The first kappa shape index (κ1) is 15.6. The number of rotatable bonds is 10. The first-order chi connectivity index (χ1) is 7.60. The summed E-state index contributed by atoms with van der Waals surface area (Å²) in [5.41, 5.74) is 0.992. The molecule has 1 N–H and O–H groups in total. The Morgan fingerprint density at radius 1 is 1.31 bits per heavy atom. The first-order valence-corrected chi connectivity index (χ1v) is 6.22. The van der Waals surface area contributed by atoms with Crippen molar-refractivity contribution >= 4 is 0 Å². The highest BCUT2D eigenvalue weighted by atomic mass is 16.5. The molecule has 0 aromatic heterocycles. The van der Waals surface area contributed by atoms with Crippen molar-refractivity contribution < 1.29 is 9.84 Å². The fraction of sp³-hybridized carbons (Fsp3) is 0.846. The average Bonchev–Trinajstić information content (AvgIpc) is 2.17. The molecule has 0 saturated carbocycles. The molecule has 0 fully saturated rings. The van der Waals surface area contributed by atoms with E-state index in [1.54, 1.807) is 0 Å². The van der Waals surface area contributed by atoms with Crippen molar-refractivity contribution in [1.82, 2.24) is 4.90 Å². The maximum Gasteiger partial charge on any atom is 0.0900 e. The standard InChI is InChI=1S/C13H27NO2/c1-5-7-14(8-6-2)9-13(15)11-16-10-12(3)4/h13,15H,3,5-11H2,1-2,4H3.